The molecule has 2 aromatic carbocycles. The van der Waals surface area contributed by atoms with Crippen molar-refractivity contribution < 1.29 is 9.90 Å². The molecule has 1 aliphatic rings. The van der Waals surface area contributed by atoms with E-state index in [1.54, 1.807) is 0 Å². The fourth-order valence-corrected chi connectivity index (χ4v) is 2.50. The van der Waals surface area contributed by atoms with E-state index < -0.39 is 5.97 Å². The lowest BCUT2D eigenvalue weighted by molar-refractivity contribution is -0.132. The van der Waals surface area contributed by atoms with E-state index in [1.165, 1.54) is 0 Å². The maximum Gasteiger partial charge on any atom is 0.332 e. The Morgan fingerprint density at radius 1 is 0.850 bits per heavy atom. The highest BCUT2D eigenvalue weighted by Gasteiger charge is 2.22. The summed E-state index contributed by atoms with van der Waals surface area (Å²) in [6.07, 6.45) is 2.47. The molecule has 98 valence electrons. The van der Waals surface area contributed by atoms with Crippen molar-refractivity contribution in [3.05, 3.63) is 83.4 Å². The van der Waals surface area contributed by atoms with E-state index in [4.69, 9.17) is 0 Å². The van der Waals surface area contributed by atoms with Crippen molar-refractivity contribution in [2.24, 2.45) is 0 Å². The minimum Gasteiger partial charge on any atom is -0.478 e. The summed E-state index contributed by atoms with van der Waals surface area (Å²) in [7, 11) is 0. The summed E-state index contributed by atoms with van der Waals surface area (Å²) in [4.78, 5) is 11.5. The highest BCUT2D eigenvalue weighted by atomic mass is 16.4. The summed E-state index contributed by atoms with van der Waals surface area (Å²) < 4.78 is 0. The molecule has 2 nitrogen and oxygen atoms in total. The van der Waals surface area contributed by atoms with Crippen molar-refractivity contribution in [1.29, 1.82) is 0 Å². The van der Waals surface area contributed by atoms with Crippen LogP contribution in [-0.2, 0) is 4.79 Å². The second kappa shape index (κ2) is 5.17. The molecule has 0 saturated heterocycles. The summed E-state index contributed by atoms with van der Waals surface area (Å²) >= 11 is 0. The summed E-state index contributed by atoms with van der Waals surface area (Å²) in [5.41, 5.74) is 4.38. The van der Waals surface area contributed by atoms with Gasteiger partial charge in [-0.3, -0.25) is 0 Å². The van der Waals surface area contributed by atoms with E-state index in [2.05, 4.69) is 0 Å². The summed E-state index contributed by atoms with van der Waals surface area (Å²) in [6, 6.07) is 19.6. The molecular weight excluding hydrogens is 248 g/mol. The average molecular weight is 262 g/mol. The van der Waals surface area contributed by atoms with Crippen molar-refractivity contribution in [2.75, 3.05) is 0 Å². The van der Waals surface area contributed by atoms with Crippen LogP contribution in [0.1, 0.15) is 17.5 Å². The van der Waals surface area contributed by atoms with Gasteiger partial charge in [-0.25, -0.2) is 4.79 Å². The highest BCUT2D eigenvalue weighted by Crippen LogP contribution is 2.37. The molecule has 0 atom stereocenters. The van der Waals surface area contributed by atoms with Gasteiger partial charge >= 0.3 is 5.97 Å². The van der Waals surface area contributed by atoms with Gasteiger partial charge in [0.05, 0.1) is 0 Å². The molecule has 0 amide bonds. The Morgan fingerprint density at radius 3 is 1.95 bits per heavy atom. The minimum absolute atomic E-state index is 0.468. The molecular formula is C18H14O2. The maximum atomic E-state index is 11.5. The summed E-state index contributed by atoms with van der Waals surface area (Å²) in [5.74, 6) is -0.842. The Labute approximate surface area is 117 Å². The second-order valence-electron chi connectivity index (χ2n) is 4.78. The van der Waals surface area contributed by atoms with Gasteiger partial charge in [0, 0.05) is 12.0 Å². The zero-order valence-electron chi connectivity index (χ0n) is 10.9. The number of rotatable bonds is 3. The first kappa shape index (κ1) is 12.4. The Bertz CT molecular complexity index is 695. The minimum atomic E-state index is -0.842. The van der Waals surface area contributed by atoms with E-state index in [1.807, 2.05) is 66.7 Å². The summed E-state index contributed by atoms with van der Waals surface area (Å²) in [6.45, 7) is 0. The van der Waals surface area contributed by atoms with Crippen LogP contribution in [0.3, 0.4) is 0 Å². The van der Waals surface area contributed by atoms with Gasteiger partial charge in [-0.1, -0.05) is 60.7 Å². The molecule has 0 saturated carbocycles. The average Bonchev–Trinajstić information content (AvgIpc) is 2.94. The molecule has 0 fully saturated rings. The number of carboxylic acid groups (broad SMARTS) is 1. The lowest BCUT2D eigenvalue weighted by atomic mass is 10.0. The van der Waals surface area contributed by atoms with E-state index in [9.17, 15) is 9.90 Å². The molecule has 0 heterocycles. The predicted octanol–water partition coefficient (Wildman–Crippen LogP) is 4.01. The maximum absolute atomic E-state index is 11.5. The van der Waals surface area contributed by atoms with Crippen LogP contribution in [0.5, 0.6) is 0 Å². The smallest absolute Gasteiger partial charge is 0.332 e. The highest BCUT2D eigenvalue weighted by molar-refractivity contribution is 6.06. The third-order valence-corrected chi connectivity index (χ3v) is 3.50. The summed E-state index contributed by atoms with van der Waals surface area (Å²) in [5, 5.41) is 9.42. The Balaban J connectivity index is 2.05. The van der Waals surface area contributed by atoms with E-state index in [-0.39, 0.29) is 0 Å². The zero-order valence-corrected chi connectivity index (χ0v) is 10.9. The molecule has 2 heteroatoms. The van der Waals surface area contributed by atoms with Crippen LogP contribution in [0.2, 0.25) is 0 Å². The van der Waals surface area contributed by atoms with Crippen molar-refractivity contribution in [1.82, 2.24) is 0 Å². The molecule has 2 aromatic rings. The van der Waals surface area contributed by atoms with Gasteiger partial charge in [0.2, 0.25) is 0 Å². The standard InChI is InChI=1S/C18H14O2/c19-18(20)17-12-15(13-7-3-1-4-8-13)11-16(17)14-9-5-2-6-10-14/h1-11H,12H2,(H,19,20). The molecule has 0 radical (unpaired) electrons. The van der Waals surface area contributed by atoms with Crippen molar-refractivity contribution in [2.45, 2.75) is 6.42 Å². The number of hydrogen-bond acceptors (Lipinski definition) is 1. The molecule has 0 bridgehead atoms. The first-order chi connectivity index (χ1) is 9.75. The van der Waals surface area contributed by atoms with Crippen LogP contribution in [-0.4, -0.2) is 11.1 Å². The van der Waals surface area contributed by atoms with Gasteiger partial charge < -0.3 is 5.11 Å². The van der Waals surface area contributed by atoms with Crippen molar-refractivity contribution in [3.8, 4) is 0 Å². The van der Waals surface area contributed by atoms with Crippen LogP contribution in [0.15, 0.2) is 72.3 Å². The fourth-order valence-electron chi connectivity index (χ4n) is 2.50. The van der Waals surface area contributed by atoms with Crippen LogP contribution in [0, 0.1) is 0 Å². The van der Waals surface area contributed by atoms with Crippen LogP contribution >= 0.6 is 0 Å². The molecule has 20 heavy (non-hydrogen) atoms. The first-order valence-electron chi connectivity index (χ1n) is 6.53. The van der Waals surface area contributed by atoms with Gasteiger partial charge in [-0.05, 0) is 28.3 Å². The zero-order chi connectivity index (χ0) is 13.9. The van der Waals surface area contributed by atoms with Crippen LogP contribution < -0.4 is 0 Å². The molecule has 0 spiro atoms. The normalized spacial score (nSPS) is 14.3. The van der Waals surface area contributed by atoms with Gasteiger partial charge in [0.25, 0.3) is 0 Å². The molecule has 0 aliphatic heterocycles. The van der Waals surface area contributed by atoms with E-state index in [0.717, 1.165) is 22.3 Å². The fraction of sp³-hybridized carbons (Fsp3) is 0.0556. The third-order valence-electron chi connectivity index (χ3n) is 3.50. The largest absolute Gasteiger partial charge is 0.478 e. The monoisotopic (exact) mass is 262 g/mol. The Kier molecular flexibility index (Phi) is 3.21. The van der Waals surface area contributed by atoms with Gasteiger partial charge in [0.1, 0.15) is 0 Å². The van der Waals surface area contributed by atoms with Gasteiger partial charge in [0.15, 0.2) is 0 Å². The molecule has 0 unspecified atom stereocenters. The van der Waals surface area contributed by atoms with Crippen LogP contribution in [0.25, 0.3) is 11.1 Å². The quantitative estimate of drug-likeness (QED) is 0.907. The van der Waals surface area contributed by atoms with E-state index in [0.29, 0.717) is 12.0 Å². The lowest BCUT2D eigenvalue weighted by Gasteiger charge is -2.02. The van der Waals surface area contributed by atoms with Crippen molar-refractivity contribution in [3.63, 3.8) is 0 Å². The number of hydrogen-bond donors (Lipinski definition) is 1. The molecule has 0 aromatic heterocycles. The lowest BCUT2D eigenvalue weighted by Crippen LogP contribution is -2.00. The predicted molar refractivity (Wildman–Crippen MR) is 80.0 cm³/mol. The molecule has 1 N–H and O–H groups in total. The number of aliphatic carboxylic acids is 1. The Morgan fingerprint density at radius 2 is 1.40 bits per heavy atom. The molecule has 1 aliphatic carbocycles. The topological polar surface area (TPSA) is 37.3 Å². The van der Waals surface area contributed by atoms with Crippen LogP contribution in [0.4, 0.5) is 0 Å². The SMILES string of the molecule is O=C(O)C1=C(c2ccccc2)C=C(c2ccccc2)C1. The second-order valence-corrected chi connectivity index (χ2v) is 4.78. The van der Waals surface area contributed by atoms with Gasteiger partial charge in [-0.2, -0.15) is 0 Å². The number of allylic oxidation sites excluding steroid dienone is 3. The van der Waals surface area contributed by atoms with Crippen molar-refractivity contribution >= 4 is 17.1 Å². The third kappa shape index (κ3) is 2.28. The molecule has 3 rings (SSSR count). The number of carbonyl (C=O) groups is 1. The number of benzene rings is 2. The Hall–Kier alpha value is -2.61. The first-order valence-corrected chi connectivity index (χ1v) is 6.53. The van der Waals surface area contributed by atoms with E-state index >= 15 is 0 Å². The van der Waals surface area contributed by atoms with Gasteiger partial charge in [-0.15, -0.1) is 0 Å². The number of carboxylic acids is 1.